The van der Waals surface area contributed by atoms with E-state index in [2.05, 4.69) is 5.32 Å². The second-order valence-electron chi connectivity index (χ2n) is 5.20. The number of nitrogens with zero attached hydrogens (tertiary/aromatic N) is 1. The van der Waals surface area contributed by atoms with Gasteiger partial charge in [0.25, 0.3) is 0 Å². The Labute approximate surface area is 118 Å². The average molecular weight is 276 g/mol. The van der Waals surface area contributed by atoms with Gasteiger partial charge in [0.2, 0.25) is 11.8 Å². The number of carbonyl (C=O) groups excluding carboxylic acids is 2. The first kappa shape index (κ1) is 14.4. The van der Waals surface area contributed by atoms with Crippen LogP contribution in [0.5, 0.6) is 5.75 Å². The van der Waals surface area contributed by atoms with Crippen molar-refractivity contribution in [3.05, 3.63) is 24.3 Å². The number of nitrogens with one attached hydrogen (secondary N) is 1. The number of amides is 2. The van der Waals surface area contributed by atoms with Gasteiger partial charge in [-0.05, 0) is 18.1 Å². The first-order chi connectivity index (χ1) is 9.54. The molecule has 1 unspecified atom stereocenters. The molecule has 2 rings (SSSR count). The summed E-state index contributed by atoms with van der Waals surface area (Å²) < 4.78 is 5.31. The van der Waals surface area contributed by atoms with Crippen LogP contribution in [-0.4, -0.2) is 31.5 Å². The van der Waals surface area contributed by atoms with Crippen LogP contribution in [0.15, 0.2) is 24.3 Å². The molecule has 1 saturated heterocycles. The molecule has 1 fully saturated rings. The zero-order valence-corrected chi connectivity index (χ0v) is 12.1. The van der Waals surface area contributed by atoms with Crippen LogP contribution >= 0.6 is 0 Å². The van der Waals surface area contributed by atoms with Crippen LogP contribution in [0, 0.1) is 5.92 Å². The first-order valence-electron chi connectivity index (χ1n) is 6.78. The van der Waals surface area contributed by atoms with E-state index in [-0.39, 0.29) is 17.7 Å². The van der Waals surface area contributed by atoms with Crippen LogP contribution in [0.25, 0.3) is 0 Å². The van der Waals surface area contributed by atoms with Crippen LogP contribution in [0.2, 0.25) is 0 Å². The van der Waals surface area contributed by atoms with Crippen molar-refractivity contribution in [3.63, 3.8) is 0 Å². The minimum Gasteiger partial charge on any atom is -0.495 e. The summed E-state index contributed by atoms with van der Waals surface area (Å²) in [4.78, 5) is 26.1. The number of hydrogen-bond acceptors (Lipinski definition) is 3. The van der Waals surface area contributed by atoms with Crippen LogP contribution < -0.4 is 15.0 Å². The molecule has 0 radical (unpaired) electrons. The highest BCUT2D eigenvalue weighted by Crippen LogP contribution is 2.29. The van der Waals surface area contributed by atoms with Gasteiger partial charge >= 0.3 is 0 Å². The third kappa shape index (κ3) is 2.76. The molecule has 1 N–H and O–H groups in total. The molecule has 20 heavy (non-hydrogen) atoms. The van der Waals surface area contributed by atoms with Gasteiger partial charge < -0.3 is 15.0 Å². The topological polar surface area (TPSA) is 58.6 Å². The lowest BCUT2D eigenvalue weighted by molar-refractivity contribution is -0.126. The monoisotopic (exact) mass is 276 g/mol. The van der Waals surface area contributed by atoms with Gasteiger partial charge in [0.15, 0.2) is 0 Å². The van der Waals surface area contributed by atoms with E-state index in [4.69, 9.17) is 4.74 Å². The fourth-order valence-electron chi connectivity index (χ4n) is 2.34. The van der Waals surface area contributed by atoms with Crippen molar-refractivity contribution < 1.29 is 14.3 Å². The highest BCUT2D eigenvalue weighted by Gasteiger charge is 2.33. The molecule has 0 saturated carbocycles. The number of rotatable bonds is 3. The molecule has 2 amide bonds. The van der Waals surface area contributed by atoms with Crippen molar-refractivity contribution in [1.29, 1.82) is 0 Å². The second kappa shape index (κ2) is 5.94. The predicted octanol–water partition coefficient (Wildman–Crippen LogP) is 1.57. The molecular weight excluding hydrogens is 256 g/mol. The molecule has 1 aliphatic heterocycles. The second-order valence-corrected chi connectivity index (χ2v) is 5.20. The summed E-state index contributed by atoms with van der Waals surface area (Å²) >= 11 is 0. The maximum atomic E-state index is 12.7. The summed E-state index contributed by atoms with van der Waals surface area (Å²) in [5.41, 5.74) is 0.710. The van der Waals surface area contributed by atoms with Gasteiger partial charge in [-0.15, -0.1) is 0 Å². The number of benzene rings is 1. The summed E-state index contributed by atoms with van der Waals surface area (Å²) in [5, 5.41) is 2.79. The standard InChI is InChI=1S/C15H20N2O3/c1-10(2)14-15(19)17(9-8-13(18)16-14)11-6-4-5-7-12(11)20-3/h4-7,10,14H,8-9H2,1-3H3,(H,16,18). The van der Waals surface area contributed by atoms with E-state index < -0.39 is 6.04 Å². The minimum atomic E-state index is -0.491. The highest BCUT2D eigenvalue weighted by atomic mass is 16.5. The number of para-hydroxylation sites is 2. The van der Waals surface area contributed by atoms with Crippen LogP contribution in [-0.2, 0) is 9.59 Å². The Kier molecular flexibility index (Phi) is 4.27. The molecule has 108 valence electrons. The molecule has 1 aromatic rings. The fourth-order valence-corrected chi connectivity index (χ4v) is 2.34. The number of ether oxygens (including phenoxy) is 1. The maximum absolute atomic E-state index is 12.7. The third-order valence-corrected chi connectivity index (χ3v) is 3.45. The van der Waals surface area contributed by atoms with Crippen LogP contribution in [0.1, 0.15) is 20.3 Å². The lowest BCUT2D eigenvalue weighted by Gasteiger charge is -2.27. The van der Waals surface area contributed by atoms with Crippen LogP contribution in [0.4, 0.5) is 5.69 Å². The van der Waals surface area contributed by atoms with E-state index in [1.807, 2.05) is 38.1 Å². The molecule has 1 aliphatic rings. The van der Waals surface area contributed by atoms with E-state index in [0.717, 1.165) is 0 Å². The normalized spacial score (nSPS) is 19.8. The number of methoxy groups -OCH3 is 1. The first-order valence-corrected chi connectivity index (χ1v) is 6.78. The molecule has 5 nitrogen and oxygen atoms in total. The zero-order valence-electron chi connectivity index (χ0n) is 12.1. The molecule has 0 aromatic heterocycles. The van der Waals surface area contributed by atoms with E-state index in [0.29, 0.717) is 24.4 Å². The molecule has 0 bridgehead atoms. The van der Waals surface area contributed by atoms with Crippen molar-refractivity contribution in [3.8, 4) is 5.75 Å². The van der Waals surface area contributed by atoms with Crippen molar-refractivity contribution in [1.82, 2.24) is 5.32 Å². The Hall–Kier alpha value is -2.04. The average Bonchev–Trinajstić information content (AvgIpc) is 2.58. The summed E-state index contributed by atoms with van der Waals surface area (Å²) in [7, 11) is 1.57. The molecule has 0 aliphatic carbocycles. The van der Waals surface area contributed by atoms with E-state index in [1.54, 1.807) is 12.0 Å². The Morgan fingerprint density at radius 1 is 1.30 bits per heavy atom. The molecule has 0 spiro atoms. The Balaban J connectivity index is 2.38. The molecular formula is C15H20N2O3. The summed E-state index contributed by atoms with van der Waals surface area (Å²) in [5.74, 6) is 0.504. The number of carbonyl (C=O) groups is 2. The van der Waals surface area contributed by atoms with Gasteiger partial charge in [0.05, 0.1) is 12.8 Å². The molecule has 1 atom stereocenters. The van der Waals surface area contributed by atoms with Crippen molar-refractivity contribution in [2.75, 3.05) is 18.6 Å². The van der Waals surface area contributed by atoms with Crippen LogP contribution in [0.3, 0.4) is 0 Å². The van der Waals surface area contributed by atoms with Crippen molar-refractivity contribution in [2.24, 2.45) is 5.92 Å². The molecule has 5 heteroatoms. The zero-order chi connectivity index (χ0) is 14.7. The fraction of sp³-hybridized carbons (Fsp3) is 0.467. The minimum absolute atomic E-state index is 0.0433. The lowest BCUT2D eigenvalue weighted by atomic mass is 10.0. The SMILES string of the molecule is COc1ccccc1N1CCC(=O)NC(C(C)C)C1=O. The Morgan fingerprint density at radius 2 is 2.00 bits per heavy atom. The van der Waals surface area contributed by atoms with Gasteiger partial charge in [-0.25, -0.2) is 0 Å². The largest absolute Gasteiger partial charge is 0.495 e. The van der Waals surface area contributed by atoms with E-state index in [1.165, 1.54) is 0 Å². The molecule has 1 heterocycles. The Morgan fingerprint density at radius 3 is 2.65 bits per heavy atom. The van der Waals surface area contributed by atoms with Gasteiger partial charge in [-0.3, -0.25) is 9.59 Å². The number of hydrogen-bond donors (Lipinski definition) is 1. The lowest BCUT2D eigenvalue weighted by Crippen LogP contribution is -2.47. The summed E-state index contributed by atoms with van der Waals surface area (Å²) in [6.07, 6.45) is 0.299. The number of anilines is 1. The Bertz CT molecular complexity index is 514. The van der Waals surface area contributed by atoms with Crippen molar-refractivity contribution >= 4 is 17.5 Å². The predicted molar refractivity (Wildman–Crippen MR) is 76.7 cm³/mol. The highest BCUT2D eigenvalue weighted by molar-refractivity contribution is 6.02. The summed E-state index contributed by atoms with van der Waals surface area (Å²) in [6, 6.07) is 6.87. The third-order valence-electron chi connectivity index (χ3n) is 3.45. The molecule has 1 aromatic carbocycles. The van der Waals surface area contributed by atoms with Gasteiger partial charge in [0.1, 0.15) is 11.8 Å². The van der Waals surface area contributed by atoms with Gasteiger partial charge in [-0.1, -0.05) is 26.0 Å². The summed E-state index contributed by atoms with van der Waals surface area (Å²) in [6.45, 7) is 4.22. The maximum Gasteiger partial charge on any atom is 0.249 e. The van der Waals surface area contributed by atoms with Crippen molar-refractivity contribution in [2.45, 2.75) is 26.3 Å². The smallest absolute Gasteiger partial charge is 0.249 e. The van der Waals surface area contributed by atoms with E-state index in [9.17, 15) is 9.59 Å². The van der Waals surface area contributed by atoms with E-state index >= 15 is 0 Å². The van der Waals surface area contributed by atoms with Gasteiger partial charge in [0, 0.05) is 13.0 Å². The van der Waals surface area contributed by atoms with Gasteiger partial charge in [-0.2, -0.15) is 0 Å². The quantitative estimate of drug-likeness (QED) is 0.911.